The third kappa shape index (κ3) is 6.19. The van der Waals surface area contributed by atoms with Crippen LogP contribution in [-0.2, 0) is 11.0 Å². The number of alkyl halides is 3. The lowest BCUT2D eigenvalue weighted by Crippen LogP contribution is -2.41. The third-order valence-corrected chi connectivity index (χ3v) is 5.67. The maximum Gasteiger partial charge on any atom is 0.416 e. The topological polar surface area (TPSA) is 55.8 Å². The van der Waals surface area contributed by atoms with Gasteiger partial charge in [0, 0.05) is 5.41 Å². The van der Waals surface area contributed by atoms with E-state index in [-0.39, 0.29) is 17.8 Å². The summed E-state index contributed by atoms with van der Waals surface area (Å²) in [5.74, 6) is 5.47. The van der Waals surface area contributed by atoms with Crippen LogP contribution in [0, 0.1) is 17.3 Å². The molecule has 7 heteroatoms. The van der Waals surface area contributed by atoms with Crippen LogP contribution in [0.25, 0.3) is 0 Å². The van der Waals surface area contributed by atoms with E-state index in [1.165, 1.54) is 12.1 Å². The zero-order valence-electron chi connectivity index (χ0n) is 17.7. The van der Waals surface area contributed by atoms with Crippen molar-refractivity contribution >= 4 is 5.97 Å². The van der Waals surface area contributed by atoms with Crippen LogP contribution in [-0.4, -0.2) is 24.3 Å². The Morgan fingerprint density at radius 3 is 1.97 bits per heavy atom. The summed E-state index contributed by atoms with van der Waals surface area (Å²) in [6.45, 7) is 2.47. The Morgan fingerprint density at radius 2 is 1.56 bits per heavy atom. The van der Waals surface area contributed by atoms with Crippen LogP contribution >= 0.6 is 0 Å². The van der Waals surface area contributed by atoms with E-state index in [1.54, 1.807) is 19.1 Å². The number of carboxylic acids is 1. The Hall–Kier alpha value is -3.14. The van der Waals surface area contributed by atoms with Gasteiger partial charge in [0.1, 0.15) is 11.5 Å². The number of benzene rings is 2. The Morgan fingerprint density at radius 1 is 1.03 bits per heavy atom. The smallest absolute Gasteiger partial charge is 0.416 e. The Labute approximate surface area is 185 Å². The molecule has 1 aliphatic rings. The van der Waals surface area contributed by atoms with Gasteiger partial charge >= 0.3 is 12.1 Å². The number of hydrogen-bond donors (Lipinski definition) is 1. The first-order chi connectivity index (χ1) is 15.2. The zero-order valence-corrected chi connectivity index (χ0v) is 17.7. The van der Waals surface area contributed by atoms with E-state index in [4.69, 9.17) is 14.6 Å². The van der Waals surface area contributed by atoms with Crippen LogP contribution < -0.4 is 9.47 Å². The maximum absolute atomic E-state index is 12.7. The fraction of sp³-hybridized carbons (Fsp3) is 0.400. The predicted molar refractivity (Wildman–Crippen MR) is 114 cm³/mol. The molecule has 0 bridgehead atoms. The summed E-state index contributed by atoms with van der Waals surface area (Å²) in [6.07, 6.45) is -1.55. The molecule has 3 rings (SSSR count). The molecule has 2 aromatic rings. The molecular formula is C25H25F3O4. The third-order valence-electron chi connectivity index (χ3n) is 5.67. The summed E-state index contributed by atoms with van der Waals surface area (Å²) in [6, 6.07) is 11.9. The second-order valence-corrected chi connectivity index (χ2v) is 8.07. The summed E-state index contributed by atoms with van der Waals surface area (Å²) in [7, 11) is 0. The second kappa shape index (κ2) is 9.99. The first kappa shape index (κ1) is 23.5. The highest BCUT2D eigenvalue weighted by Gasteiger charge is 2.39. The van der Waals surface area contributed by atoms with Gasteiger partial charge in [0.25, 0.3) is 0 Å². The normalized spacial score (nSPS) is 15.6. The van der Waals surface area contributed by atoms with Crippen LogP contribution in [0.1, 0.15) is 49.7 Å². The van der Waals surface area contributed by atoms with E-state index < -0.39 is 17.7 Å². The van der Waals surface area contributed by atoms with Gasteiger partial charge < -0.3 is 14.6 Å². The number of hydrogen-bond acceptors (Lipinski definition) is 3. The molecule has 1 aliphatic carbocycles. The van der Waals surface area contributed by atoms with Crippen molar-refractivity contribution in [1.82, 2.24) is 0 Å². The molecule has 2 aromatic carbocycles. The van der Waals surface area contributed by atoms with Gasteiger partial charge in [-0.1, -0.05) is 24.5 Å². The molecule has 0 saturated heterocycles. The van der Waals surface area contributed by atoms with Crippen molar-refractivity contribution in [2.24, 2.45) is 5.41 Å². The van der Waals surface area contributed by atoms with Gasteiger partial charge in [-0.3, -0.25) is 4.79 Å². The zero-order chi connectivity index (χ0) is 23.2. The Kier molecular flexibility index (Phi) is 7.34. The minimum atomic E-state index is -4.37. The average molecular weight is 446 g/mol. The van der Waals surface area contributed by atoms with Gasteiger partial charge in [-0.25, -0.2) is 0 Å². The Bertz CT molecular complexity index is 965. The van der Waals surface area contributed by atoms with Gasteiger partial charge in [-0.05, 0) is 61.7 Å². The summed E-state index contributed by atoms with van der Waals surface area (Å²) in [5.41, 5.74) is -0.0652. The van der Waals surface area contributed by atoms with Crippen LogP contribution in [0.3, 0.4) is 0 Å². The van der Waals surface area contributed by atoms with Crippen molar-refractivity contribution in [3.05, 3.63) is 59.7 Å². The number of ether oxygens (including phenoxy) is 2. The molecule has 0 aromatic heterocycles. The van der Waals surface area contributed by atoms with Gasteiger partial charge in [0.2, 0.25) is 0 Å². The minimum absolute atomic E-state index is 0.0640. The van der Waals surface area contributed by atoms with Crippen molar-refractivity contribution in [2.75, 3.05) is 13.2 Å². The largest absolute Gasteiger partial charge is 0.493 e. The van der Waals surface area contributed by atoms with E-state index in [2.05, 4.69) is 11.8 Å². The molecule has 0 amide bonds. The fourth-order valence-corrected chi connectivity index (χ4v) is 3.62. The van der Waals surface area contributed by atoms with Crippen molar-refractivity contribution < 1.29 is 32.5 Å². The van der Waals surface area contributed by atoms with E-state index in [0.29, 0.717) is 24.7 Å². The summed E-state index contributed by atoms with van der Waals surface area (Å²) in [5, 5.41) is 9.06. The molecule has 0 radical (unpaired) electrons. The van der Waals surface area contributed by atoms with Gasteiger partial charge in [0.05, 0.1) is 31.1 Å². The molecular weight excluding hydrogens is 421 g/mol. The van der Waals surface area contributed by atoms with Crippen molar-refractivity contribution in [3.8, 4) is 23.3 Å². The number of rotatable bonds is 9. The molecule has 170 valence electrons. The average Bonchev–Trinajstić information content (AvgIpc) is 2.72. The number of aliphatic carboxylic acids is 1. The monoisotopic (exact) mass is 446 g/mol. The molecule has 1 saturated carbocycles. The highest BCUT2D eigenvalue weighted by Crippen LogP contribution is 2.42. The number of carbonyl (C=O) groups is 1. The molecule has 32 heavy (non-hydrogen) atoms. The Balaban J connectivity index is 1.56. The summed E-state index contributed by atoms with van der Waals surface area (Å²) < 4.78 is 49.8. The summed E-state index contributed by atoms with van der Waals surface area (Å²) >= 11 is 0. The molecule has 4 nitrogen and oxygen atoms in total. The first-order valence-corrected chi connectivity index (χ1v) is 10.4. The van der Waals surface area contributed by atoms with Crippen molar-refractivity contribution in [2.45, 2.75) is 44.7 Å². The standard InChI is InChI=1S/C25H25F3O4/c1-2-4-19(15-23(29)30)18-5-9-21(10-6-18)31-16-24(13-3-14-24)17-32-22-11-7-20(8-12-22)25(26,27)28/h5-12,19H,3,13-17H2,1H3,(H,29,30). The van der Waals surface area contributed by atoms with Crippen LogP contribution in [0.2, 0.25) is 0 Å². The number of halogens is 3. The van der Waals surface area contributed by atoms with Gasteiger partial charge in [-0.2, -0.15) is 13.2 Å². The van der Waals surface area contributed by atoms with Gasteiger partial charge in [-0.15, -0.1) is 5.92 Å². The SMILES string of the molecule is CC#CC(CC(=O)O)c1ccc(OCC2(COc3ccc(C(F)(F)F)cc3)CCC2)cc1. The maximum atomic E-state index is 12.7. The lowest BCUT2D eigenvalue weighted by atomic mass is 9.70. The van der Waals surface area contributed by atoms with Gasteiger partial charge in [0.15, 0.2) is 0 Å². The molecule has 0 spiro atoms. The van der Waals surface area contributed by atoms with Crippen molar-refractivity contribution in [3.63, 3.8) is 0 Å². The van der Waals surface area contributed by atoms with Crippen LogP contribution in [0.4, 0.5) is 13.2 Å². The van der Waals surface area contributed by atoms with E-state index >= 15 is 0 Å². The predicted octanol–water partition coefficient (Wildman–Crippen LogP) is 5.92. The molecule has 0 heterocycles. The lowest BCUT2D eigenvalue weighted by Gasteiger charge is -2.41. The first-order valence-electron chi connectivity index (χ1n) is 10.4. The van der Waals surface area contributed by atoms with E-state index in [9.17, 15) is 18.0 Å². The minimum Gasteiger partial charge on any atom is -0.493 e. The quantitative estimate of drug-likeness (QED) is 0.486. The molecule has 1 unspecified atom stereocenters. The molecule has 1 fully saturated rings. The highest BCUT2D eigenvalue weighted by molar-refractivity contribution is 5.69. The van der Waals surface area contributed by atoms with E-state index in [0.717, 1.165) is 37.0 Å². The molecule has 1 atom stereocenters. The van der Waals surface area contributed by atoms with Crippen LogP contribution in [0.15, 0.2) is 48.5 Å². The highest BCUT2D eigenvalue weighted by atomic mass is 19.4. The number of carboxylic acid groups (broad SMARTS) is 1. The van der Waals surface area contributed by atoms with E-state index in [1.807, 2.05) is 12.1 Å². The lowest BCUT2D eigenvalue weighted by molar-refractivity contribution is -0.138. The van der Waals surface area contributed by atoms with Crippen LogP contribution in [0.5, 0.6) is 11.5 Å². The van der Waals surface area contributed by atoms with Crippen molar-refractivity contribution in [1.29, 1.82) is 0 Å². The molecule has 0 aliphatic heterocycles. The summed E-state index contributed by atoms with van der Waals surface area (Å²) in [4.78, 5) is 11.0. The fourth-order valence-electron chi connectivity index (χ4n) is 3.62. The molecule has 1 N–H and O–H groups in total. The second-order valence-electron chi connectivity index (χ2n) is 8.07.